The number of hydrogen-bond acceptors (Lipinski definition) is 3. The first-order valence-electron chi connectivity index (χ1n) is 9.13. The highest BCUT2D eigenvalue weighted by Crippen LogP contribution is 2.14. The van der Waals surface area contributed by atoms with Crippen molar-refractivity contribution in [2.75, 3.05) is 19.6 Å². The number of carbonyl (C=O) groups excluding carboxylic acids is 2. The molecule has 0 radical (unpaired) electrons. The molecule has 3 rings (SSSR count). The Morgan fingerprint density at radius 1 is 1.08 bits per heavy atom. The van der Waals surface area contributed by atoms with Crippen LogP contribution in [0.4, 0.5) is 4.79 Å². The summed E-state index contributed by atoms with van der Waals surface area (Å²) in [5.41, 5.74) is 1.28. The van der Waals surface area contributed by atoms with Crippen molar-refractivity contribution in [3.8, 4) is 0 Å². The van der Waals surface area contributed by atoms with E-state index in [4.69, 9.17) is 4.42 Å². The molecule has 2 aromatic rings. The number of piperidine rings is 1. The maximum Gasteiger partial charge on any atom is 0.315 e. The molecule has 138 valence electrons. The summed E-state index contributed by atoms with van der Waals surface area (Å²) in [7, 11) is 0. The largest absolute Gasteiger partial charge is 0.459 e. The fraction of sp³-hybridized carbons (Fsp3) is 0.400. The second-order valence-electron chi connectivity index (χ2n) is 6.53. The van der Waals surface area contributed by atoms with Crippen molar-refractivity contribution in [3.63, 3.8) is 0 Å². The Labute approximate surface area is 153 Å². The standard InChI is InChI=1S/C20H25N3O3/c24-19(18-9-5-15-26-18)23-13-10-17(11-14-23)22-20(25)21-12-4-8-16-6-2-1-3-7-16/h1-3,5-7,9,15,17H,4,8,10-14H2,(H2,21,22,25). The maximum absolute atomic E-state index is 12.2. The monoisotopic (exact) mass is 355 g/mol. The summed E-state index contributed by atoms with van der Waals surface area (Å²) in [4.78, 5) is 26.0. The number of urea groups is 1. The van der Waals surface area contributed by atoms with E-state index in [0.717, 1.165) is 25.7 Å². The van der Waals surface area contributed by atoms with Crippen molar-refractivity contribution in [1.82, 2.24) is 15.5 Å². The number of likely N-dealkylation sites (tertiary alicyclic amines) is 1. The van der Waals surface area contributed by atoms with Crippen molar-refractivity contribution in [3.05, 3.63) is 60.1 Å². The third-order valence-corrected chi connectivity index (χ3v) is 4.62. The Hall–Kier alpha value is -2.76. The predicted molar refractivity (Wildman–Crippen MR) is 98.9 cm³/mol. The SMILES string of the molecule is O=C(NCCCc1ccccc1)NC1CCN(C(=O)c2ccco2)CC1. The van der Waals surface area contributed by atoms with E-state index in [1.54, 1.807) is 17.0 Å². The van der Waals surface area contributed by atoms with Crippen molar-refractivity contribution < 1.29 is 14.0 Å². The molecule has 2 N–H and O–H groups in total. The van der Waals surface area contributed by atoms with Crippen molar-refractivity contribution >= 4 is 11.9 Å². The molecule has 1 aliphatic rings. The van der Waals surface area contributed by atoms with E-state index in [-0.39, 0.29) is 18.0 Å². The van der Waals surface area contributed by atoms with Crippen LogP contribution >= 0.6 is 0 Å². The molecular formula is C20H25N3O3. The smallest absolute Gasteiger partial charge is 0.315 e. The zero-order valence-corrected chi connectivity index (χ0v) is 14.8. The van der Waals surface area contributed by atoms with Crippen LogP contribution in [0, 0.1) is 0 Å². The first kappa shape index (κ1) is 18.0. The van der Waals surface area contributed by atoms with Gasteiger partial charge >= 0.3 is 6.03 Å². The summed E-state index contributed by atoms with van der Waals surface area (Å²) < 4.78 is 5.16. The Morgan fingerprint density at radius 2 is 1.85 bits per heavy atom. The van der Waals surface area contributed by atoms with Gasteiger partial charge in [-0.15, -0.1) is 0 Å². The van der Waals surface area contributed by atoms with Crippen molar-refractivity contribution in [2.24, 2.45) is 0 Å². The number of amides is 3. The second kappa shape index (κ2) is 9.08. The molecular weight excluding hydrogens is 330 g/mol. The zero-order chi connectivity index (χ0) is 18.2. The molecule has 3 amide bonds. The van der Waals surface area contributed by atoms with Crippen molar-refractivity contribution in [2.45, 2.75) is 31.7 Å². The molecule has 1 aromatic heterocycles. The highest BCUT2D eigenvalue weighted by atomic mass is 16.3. The molecule has 2 heterocycles. The molecule has 0 bridgehead atoms. The zero-order valence-electron chi connectivity index (χ0n) is 14.8. The molecule has 6 heteroatoms. The summed E-state index contributed by atoms with van der Waals surface area (Å²) >= 11 is 0. The number of nitrogens with zero attached hydrogens (tertiary/aromatic N) is 1. The van der Waals surface area contributed by atoms with Gasteiger partial charge in [0.1, 0.15) is 0 Å². The third kappa shape index (κ3) is 5.12. The normalized spacial score (nSPS) is 14.8. The van der Waals surface area contributed by atoms with Crippen LogP contribution in [0.2, 0.25) is 0 Å². The molecule has 26 heavy (non-hydrogen) atoms. The van der Waals surface area contributed by atoms with Gasteiger partial charge in [0, 0.05) is 25.7 Å². The van der Waals surface area contributed by atoms with E-state index in [1.807, 2.05) is 18.2 Å². The van der Waals surface area contributed by atoms with Crippen LogP contribution in [0.3, 0.4) is 0 Å². The van der Waals surface area contributed by atoms with Crippen LogP contribution in [-0.4, -0.2) is 42.5 Å². The van der Waals surface area contributed by atoms with Gasteiger partial charge in [-0.2, -0.15) is 0 Å². The lowest BCUT2D eigenvalue weighted by atomic mass is 10.0. The topological polar surface area (TPSA) is 74.6 Å². The molecule has 1 aromatic carbocycles. The predicted octanol–water partition coefficient (Wildman–Crippen LogP) is 2.82. The summed E-state index contributed by atoms with van der Waals surface area (Å²) in [5.74, 6) is 0.284. The van der Waals surface area contributed by atoms with E-state index in [9.17, 15) is 9.59 Å². The Morgan fingerprint density at radius 3 is 2.54 bits per heavy atom. The number of nitrogens with one attached hydrogen (secondary N) is 2. The minimum absolute atomic E-state index is 0.0844. The number of benzene rings is 1. The first-order chi connectivity index (χ1) is 12.7. The van der Waals surface area contributed by atoms with Gasteiger partial charge in [0.25, 0.3) is 5.91 Å². The molecule has 0 unspecified atom stereocenters. The first-order valence-corrected chi connectivity index (χ1v) is 9.13. The summed E-state index contributed by atoms with van der Waals surface area (Å²) in [5, 5.41) is 5.91. The maximum atomic E-state index is 12.2. The average molecular weight is 355 g/mol. The van der Waals surface area contributed by atoms with E-state index >= 15 is 0 Å². The second-order valence-corrected chi connectivity index (χ2v) is 6.53. The van der Waals surface area contributed by atoms with Crippen LogP contribution < -0.4 is 10.6 Å². The van der Waals surface area contributed by atoms with Gasteiger partial charge in [0.15, 0.2) is 5.76 Å². The average Bonchev–Trinajstić information content (AvgIpc) is 3.21. The Kier molecular flexibility index (Phi) is 6.30. The molecule has 1 fully saturated rings. The summed E-state index contributed by atoms with van der Waals surface area (Å²) in [6.07, 6.45) is 4.87. The minimum Gasteiger partial charge on any atom is -0.459 e. The highest BCUT2D eigenvalue weighted by Gasteiger charge is 2.25. The molecule has 6 nitrogen and oxygen atoms in total. The third-order valence-electron chi connectivity index (χ3n) is 4.62. The van der Waals surface area contributed by atoms with Gasteiger partial charge in [-0.05, 0) is 43.4 Å². The van der Waals surface area contributed by atoms with Gasteiger partial charge in [0.2, 0.25) is 0 Å². The molecule has 0 aliphatic carbocycles. The molecule has 0 spiro atoms. The van der Waals surface area contributed by atoms with Crippen LogP contribution in [0.15, 0.2) is 53.1 Å². The van der Waals surface area contributed by atoms with Gasteiger partial charge in [-0.1, -0.05) is 30.3 Å². The molecule has 1 saturated heterocycles. The summed E-state index contributed by atoms with van der Waals surface area (Å²) in [6.45, 7) is 1.90. The van der Waals surface area contributed by atoms with E-state index in [1.165, 1.54) is 11.8 Å². The lowest BCUT2D eigenvalue weighted by Gasteiger charge is -2.31. The van der Waals surface area contributed by atoms with Crippen molar-refractivity contribution in [1.29, 1.82) is 0 Å². The number of furan rings is 1. The van der Waals surface area contributed by atoms with Crippen LogP contribution in [0.25, 0.3) is 0 Å². The fourth-order valence-corrected chi connectivity index (χ4v) is 3.16. The molecule has 0 atom stereocenters. The van der Waals surface area contributed by atoms with E-state index < -0.39 is 0 Å². The van der Waals surface area contributed by atoms with Crippen LogP contribution in [0.1, 0.15) is 35.4 Å². The lowest BCUT2D eigenvalue weighted by molar-refractivity contribution is 0.0676. The molecule has 0 saturated carbocycles. The highest BCUT2D eigenvalue weighted by molar-refractivity contribution is 5.91. The quantitative estimate of drug-likeness (QED) is 0.783. The van der Waals surface area contributed by atoms with E-state index in [0.29, 0.717) is 25.4 Å². The van der Waals surface area contributed by atoms with Crippen LogP contribution in [-0.2, 0) is 6.42 Å². The Bertz CT molecular complexity index is 692. The fourth-order valence-electron chi connectivity index (χ4n) is 3.16. The number of aryl methyl sites for hydroxylation is 1. The van der Waals surface area contributed by atoms with Gasteiger partial charge < -0.3 is 20.0 Å². The number of rotatable bonds is 6. The molecule has 1 aliphatic heterocycles. The minimum atomic E-state index is -0.131. The van der Waals surface area contributed by atoms with Gasteiger partial charge in [-0.25, -0.2) is 4.79 Å². The number of hydrogen-bond donors (Lipinski definition) is 2. The summed E-state index contributed by atoms with van der Waals surface area (Å²) in [6, 6.07) is 13.6. The van der Waals surface area contributed by atoms with Gasteiger partial charge in [0.05, 0.1) is 6.26 Å². The van der Waals surface area contributed by atoms with E-state index in [2.05, 4.69) is 22.8 Å². The number of carbonyl (C=O) groups is 2. The van der Waals surface area contributed by atoms with Gasteiger partial charge in [-0.3, -0.25) is 4.79 Å². The Balaban J connectivity index is 1.31. The van der Waals surface area contributed by atoms with Crippen LogP contribution in [0.5, 0.6) is 0 Å². The lowest BCUT2D eigenvalue weighted by Crippen LogP contribution is -2.49.